The molecule has 5 aromatic rings. The average Bonchev–Trinajstić information content (AvgIpc) is 3.26. The monoisotopic (exact) mass is 871 g/mol. The van der Waals surface area contributed by atoms with E-state index in [1.165, 1.54) is 23.3 Å². The van der Waals surface area contributed by atoms with Crippen LogP contribution in [-0.4, -0.2) is 86.3 Å². The van der Waals surface area contributed by atoms with Gasteiger partial charge in [0.15, 0.2) is 0 Å². The Bertz CT molecular complexity index is 2350. The van der Waals surface area contributed by atoms with Gasteiger partial charge in [0.1, 0.15) is 5.69 Å². The zero-order chi connectivity index (χ0) is 42.5. The Morgan fingerprint density at radius 3 is 2.27 bits per heavy atom. The number of hydrogen-bond acceptors (Lipinski definition) is 12. The molecule has 314 valence electrons. The lowest BCUT2D eigenvalue weighted by Gasteiger charge is -2.36. The number of sulfonamides is 1. The number of carbonyl (C=O) groups is 2. The molecule has 1 saturated heterocycles. The molecule has 5 aromatic carbocycles. The number of piperazine rings is 1. The molecule has 0 spiro atoms. The van der Waals surface area contributed by atoms with Crippen LogP contribution in [0.1, 0.15) is 28.8 Å². The van der Waals surface area contributed by atoms with Crippen molar-refractivity contribution in [3.8, 4) is 11.1 Å². The van der Waals surface area contributed by atoms with Gasteiger partial charge in [-0.15, -0.1) is 11.8 Å². The van der Waals surface area contributed by atoms with Crippen LogP contribution in [0.4, 0.5) is 17.1 Å². The summed E-state index contributed by atoms with van der Waals surface area (Å²) in [6, 6.07) is 35.7. The van der Waals surface area contributed by atoms with Gasteiger partial charge < -0.3 is 15.5 Å². The lowest BCUT2D eigenvalue weighted by atomic mass is 9.99. The summed E-state index contributed by atoms with van der Waals surface area (Å²) in [4.78, 5) is 41.3. The number of benzene rings is 5. The van der Waals surface area contributed by atoms with Crippen molar-refractivity contribution in [1.82, 2.24) is 20.4 Å². The molecule has 1 heterocycles. The fourth-order valence-electron chi connectivity index (χ4n) is 6.78. The van der Waals surface area contributed by atoms with E-state index in [4.69, 9.17) is 16.8 Å². The minimum absolute atomic E-state index is 0.0680. The molecule has 5 N–H and O–H groups in total. The topological polar surface area (TPSA) is 186 Å². The number of nitrogens with zero attached hydrogens (tertiary/aromatic N) is 3. The minimum atomic E-state index is -4.49. The molecular formula is C43H46ClN7O7S2. The zero-order valence-corrected chi connectivity index (χ0v) is 35.0. The fourth-order valence-corrected chi connectivity index (χ4v) is 8.89. The maximum Gasteiger partial charge on any atom is 0.293 e. The molecule has 1 fully saturated rings. The van der Waals surface area contributed by atoms with E-state index in [0.29, 0.717) is 30.3 Å². The maximum absolute atomic E-state index is 13.4. The van der Waals surface area contributed by atoms with Crippen LogP contribution >= 0.6 is 23.4 Å². The second kappa shape index (κ2) is 21.2. The fraction of sp³-hybridized carbons (Fsp3) is 0.256. The van der Waals surface area contributed by atoms with Gasteiger partial charge in [-0.1, -0.05) is 66.2 Å². The first-order chi connectivity index (χ1) is 29.0. The van der Waals surface area contributed by atoms with Crippen LogP contribution in [-0.2, 0) is 21.4 Å². The summed E-state index contributed by atoms with van der Waals surface area (Å²) >= 11 is 7.66. The standard InChI is InChI=1S/C43H46ClN7O7S2/c44-34-14-10-31(11-15-34)39-9-5-4-6-33(39)29-49-24-26-50(27-25-49)36-16-12-32(13-17-36)43(53)48-60(57,58)38-18-19-40(41(28-38)51(55)56)46-35(20-22-45-23-21-42(52)47-54)30-59-37-7-2-1-3-8-37/h1-19,28,35,45-46,54H,20-27,29-30H2,(H,47,52)(H,48,53)/t35-/m1/s1. The van der Waals surface area contributed by atoms with Gasteiger partial charge in [-0.3, -0.25) is 29.8 Å². The first-order valence-corrected chi connectivity index (χ1v) is 22.2. The van der Waals surface area contributed by atoms with Gasteiger partial charge in [0.25, 0.3) is 21.6 Å². The third kappa shape index (κ3) is 12.3. The molecule has 0 saturated carbocycles. The number of nitrogens with one attached hydrogen (secondary N) is 4. The van der Waals surface area contributed by atoms with Gasteiger partial charge in [-0.25, -0.2) is 18.6 Å². The van der Waals surface area contributed by atoms with Crippen LogP contribution in [0.2, 0.25) is 5.02 Å². The lowest BCUT2D eigenvalue weighted by molar-refractivity contribution is -0.384. The number of carbonyl (C=O) groups excluding carboxylic acids is 2. The SMILES string of the molecule is O=C(CCNCC[C@H](CSc1ccccc1)Nc1ccc(S(=O)(=O)NC(=O)c2ccc(N3CCN(Cc4ccccc4-c4ccc(Cl)cc4)CC3)cc2)cc1[N+](=O)[O-])NO. The van der Waals surface area contributed by atoms with E-state index in [1.807, 2.05) is 66.7 Å². The molecule has 17 heteroatoms. The van der Waals surface area contributed by atoms with Crippen molar-refractivity contribution < 1.29 is 28.1 Å². The summed E-state index contributed by atoms with van der Waals surface area (Å²) in [5.41, 5.74) is 5.77. The quantitative estimate of drug-likeness (QED) is 0.0192. The van der Waals surface area contributed by atoms with E-state index in [-0.39, 0.29) is 23.7 Å². The molecule has 0 bridgehead atoms. The first-order valence-electron chi connectivity index (χ1n) is 19.3. The largest absolute Gasteiger partial charge is 0.376 e. The number of amides is 2. The third-order valence-electron chi connectivity index (χ3n) is 10.0. The molecule has 0 aliphatic carbocycles. The van der Waals surface area contributed by atoms with Gasteiger partial charge >= 0.3 is 0 Å². The van der Waals surface area contributed by atoms with Crippen molar-refractivity contribution in [3.63, 3.8) is 0 Å². The van der Waals surface area contributed by atoms with Gasteiger partial charge in [-0.05, 0) is 90.3 Å². The smallest absolute Gasteiger partial charge is 0.293 e. The third-order valence-corrected chi connectivity index (χ3v) is 12.8. The van der Waals surface area contributed by atoms with Crippen LogP contribution < -0.4 is 25.7 Å². The van der Waals surface area contributed by atoms with Crippen molar-refractivity contribution in [2.24, 2.45) is 0 Å². The second-order valence-corrected chi connectivity index (χ2v) is 17.3. The summed E-state index contributed by atoms with van der Waals surface area (Å²) < 4.78 is 28.9. The number of hydroxylamine groups is 1. The Labute approximate surface area is 358 Å². The van der Waals surface area contributed by atoms with Crippen LogP contribution in [0.5, 0.6) is 0 Å². The summed E-state index contributed by atoms with van der Waals surface area (Å²) in [5, 5.41) is 28.0. The summed E-state index contributed by atoms with van der Waals surface area (Å²) in [7, 11) is -4.49. The molecule has 1 atom stereocenters. The average molecular weight is 872 g/mol. The Morgan fingerprint density at radius 1 is 0.867 bits per heavy atom. The number of nitro benzene ring substituents is 1. The van der Waals surface area contributed by atoms with E-state index in [0.717, 1.165) is 54.9 Å². The molecule has 1 aliphatic rings. The minimum Gasteiger partial charge on any atom is -0.376 e. The highest BCUT2D eigenvalue weighted by Crippen LogP contribution is 2.31. The summed E-state index contributed by atoms with van der Waals surface area (Å²) in [5.74, 6) is -0.869. The van der Waals surface area contributed by atoms with E-state index in [2.05, 4.69) is 37.3 Å². The molecule has 0 radical (unpaired) electrons. The van der Waals surface area contributed by atoms with Gasteiger partial charge in [0.05, 0.1) is 9.82 Å². The number of thioether (sulfide) groups is 1. The molecule has 1 aliphatic heterocycles. The highest BCUT2D eigenvalue weighted by atomic mass is 35.5. The van der Waals surface area contributed by atoms with E-state index < -0.39 is 37.3 Å². The Kier molecular flexibility index (Phi) is 15.5. The van der Waals surface area contributed by atoms with Crippen LogP contribution in [0.3, 0.4) is 0 Å². The van der Waals surface area contributed by atoms with Crippen LogP contribution in [0.25, 0.3) is 11.1 Å². The Balaban J connectivity index is 1.05. The predicted octanol–water partition coefficient (Wildman–Crippen LogP) is 6.80. The zero-order valence-electron chi connectivity index (χ0n) is 32.6. The predicted molar refractivity (Wildman–Crippen MR) is 235 cm³/mol. The number of rotatable bonds is 19. The Hall–Kier alpha value is -5.49. The first kappa shape index (κ1) is 44.1. The van der Waals surface area contributed by atoms with Crippen LogP contribution in [0.15, 0.2) is 131 Å². The van der Waals surface area contributed by atoms with Crippen molar-refractivity contribution in [2.45, 2.75) is 35.2 Å². The highest BCUT2D eigenvalue weighted by Gasteiger charge is 2.26. The number of anilines is 2. The van der Waals surface area contributed by atoms with Crippen LogP contribution in [0, 0.1) is 10.1 Å². The molecule has 60 heavy (non-hydrogen) atoms. The lowest BCUT2D eigenvalue weighted by Crippen LogP contribution is -2.46. The Morgan fingerprint density at radius 2 is 1.57 bits per heavy atom. The molecule has 14 nitrogen and oxygen atoms in total. The molecule has 2 amide bonds. The summed E-state index contributed by atoms with van der Waals surface area (Å²) in [6.07, 6.45) is 0.572. The van der Waals surface area contributed by atoms with E-state index in [9.17, 15) is 28.1 Å². The van der Waals surface area contributed by atoms with E-state index >= 15 is 0 Å². The van der Waals surface area contributed by atoms with Crippen molar-refractivity contribution >= 4 is 62.3 Å². The number of nitro groups is 1. The summed E-state index contributed by atoms with van der Waals surface area (Å²) in [6.45, 7) is 4.75. The molecule has 0 aromatic heterocycles. The molecule has 0 unspecified atom stereocenters. The van der Waals surface area contributed by atoms with Crippen molar-refractivity contribution in [2.75, 3.05) is 55.2 Å². The maximum atomic E-state index is 13.4. The van der Waals surface area contributed by atoms with Crippen molar-refractivity contribution in [1.29, 1.82) is 0 Å². The number of halogens is 1. The second-order valence-electron chi connectivity index (χ2n) is 14.1. The molecular weight excluding hydrogens is 826 g/mol. The number of hydrogen-bond donors (Lipinski definition) is 5. The normalized spacial score (nSPS) is 13.7. The molecule has 6 rings (SSSR count). The highest BCUT2D eigenvalue weighted by molar-refractivity contribution is 7.99. The van der Waals surface area contributed by atoms with Gasteiger partial charge in [-0.2, -0.15) is 0 Å². The van der Waals surface area contributed by atoms with E-state index in [1.54, 1.807) is 41.5 Å². The van der Waals surface area contributed by atoms with Gasteiger partial charge in [0.2, 0.25) is 5.91 Å². The van der Waals surface area contributed by atoms with Crippen molar-refractivity contribution in [3.05, 3.63) is 148 Å². The van der Waals surface area contributed by atoms with Gasteiger partial charge in [0, 0.05) is 84.7 Å².